The first-order valence-corrected chi connectivity index (χ1v) is 5.02. The topological polar surface area (TPSA) is 78.4 Å². The van der Waals surface area contributed by atoms with Crippen LogP contribution in [-0.2, 0) is 10.2 Å². The molecule has 0 saturated carbocycles. The van der Waals surface area contributed by atoms with Crippen LogP contribution in [0.15, 0.2) is 24.3 Å². The lowest BCUT2D eigenvalue weighted by atomic mass is 10.3. The molecule has 0 atom stereocenters. The van der Waals surface area contributed by atoms with Crippen LogP contribution < -0.4 is 9.44 Å². The quantitative estimate of drug-likeness (QED) is 0.658. The second kappa shape index (κ2) is 3.63. The molecule has 5 nitrogen and oxygen atoms in total. The summed E-state index contributed by atoms with van der Waals surface area (Å²) in [5.74, 6) is 0.0105. The highest BCUT2D eigenvalue weighted by molar-refractivity contribution is 7.90. The Bertz CT molecular complexity index is 388. The van der Waals surface area contributed by atoms with E-state index < -0.39 is 10.2 Å². The molecule has 1 aromatic carbocycles. The van der Waals surface area contributed by atoms with Crippen LogP contribution in [-0.4, -0.2) is 20.6 Å². The Morgan fingerprint density at radius 3 is 2.62 bits per heavy atom. The Morgan fingerprint density at radius 2 is 2.08 bits per heavy atom. The van der Waals surface area contributed by atoms with Crippen LogP contribution in [0.25, 0.3) is 0 Å². The van der Waals surface area contributed by atoms with Crippen LogP contribution in [0.4, 0.5) is 5.69 Å². The molecule has 0 fully saturated rings. The third kappa shape index (κ3) is 2.92. The summed E-state index contributed by atoms with van der Waals surface area (Å²) in [6.07, 6.45) is 0. The zero-order valence-electron chi connectivity index (χ0n) is 6.98. The lowest BCUT2D eigenvalue weighted by molar-refractivity contribution is 0.475. The van der Waals surface area contributed by atoms with E-state index in [1.807, 2.05) is 0 Å². The number of phenols is 1. The van der Waals surface area contributed by atoms with Gasteiger partial charge in [-0.15, -0.1) is 0 Å². The summed E-state index contributed by atoms with van der Waals surface area (Å²) in [7, 11) is -2.20. The summed E-state index contributed by atoms with van der Waals surface area (Å²) in [4.78, 5) is 0. The fraction of sp³-hybridized carbons (Fsp3) is 0.143. The maximum Gasteiger partial charge on any atom is 0.298 e. The van der Waals surface area contributed by atoms with Crippen LogP contribution in [0.2, 0.25) is 0 Å². The number of nitrogens with one attached hydrogen (secondary N) is 2. The summed E-state index contributed by atoms with van der Waals surface area (Å²) < 4.78 is 26.3. The highest BCUT2D eigenvalue weighted by atomic mass is 32.2. The second-order valence-electron chi connectivity index (χ2n) is 2.36. The van der Waals surface area contributed by atoms with E-state index in [4.69, 9.17) is 5.11 Å². The third-order valence-corrected chi connectivity index (χ3v) is 2.41. The Morgan fingerprint density at radius 1 is 1.38 bits per heavy atom. The van der Waals surface area contributed by atoms with Gasteiger partial charge in [-0.1, -0.05) is 6.07 Å². The van der Waals surface area contributed by atoms with Gasteiger partial charge in [0.15, 0.2) is 0 Å². The van der Waals surface area contributed by atoms with Gasteiger partial charge >= 0.3 is 0 Å². The van der Waals surface area contributed by atoms with Crippen molar-refractivity contribution in [1.82, 2.24) is 4.72 Å². The first kappa shape index (κ1) is 9.82. The fourth-order valence-corrected chi connectivity index (χ4v) is 1.31. The summed E-state index contributed by atoms with van der Waals surface area (Å²) in [6.45, 7) is 0. The molecule has 0 heterocycles. The molecule has 0 spiro atoms. The van der Waals surface area contributed by atoms with E-state index in [0.717, 1.165) is 0 Å². The standard InChI is InChI=1S/C7H10N2O3S/c1-8-13(11,12)9-6-3-2-4-7(10)5-6/h2-5,8-10H,1H3. The fourth-order valence-electron chi connectivity index (χ4n) is 0.776. The van der Waals surface area contributed by atoms with Crippen molar-refractivity contribution in [3.63, 3.8) is 0 Å². The van der Waals surface area contributed by atoms with Crippen LogP contribution in [0.1, 0.15) is 0 Å². The van der Waals surface area contributed by atoms with Gasteiger partial charge in [-0.3, -0.25) is 4.72 Å². The van der Waals surface area contributed by atoms with Crippen molar-refractivity contribution in [2.45, 2.75) is 0 Å². The SMILES string of the molecule is CNS(=O)(=O)Nc1cccc(O)c1. The molecule has 13 heavy (non-hydrogen) atoms. The minimum atomic E-state index is -3.50. The van der Waals surface area contributed by atoms with Crippen molar-refractivity contribution in [2.75, 3.05) is 11.8 Å². The molecule has 1 aromatic rings. The minimum absolute atomic E-state index is 0.0105. The van der Waals surface area contributed by atoms with E-state index in [0.29, 0.717) is 5.69 Å². The van der Waals surface area contributed by atoms with Crippen molar-refractivity contribution in [1.29, 1.82) is 0 Å². The third-order valence-electron chi connectivity index (χ3n) is 1.37. The molecule has 3 N–H and O–H groups in total. The van der Waals surface area contributed by atoms with Gasteiger partial charge in [0, 0.05) is 13.1 Å². The number of hydrogen-bond donors (Lipinski definition) is 3. The normalized spacial score (nSPS) is 11.2. The first-order valence-electron chi connectivity index (χ1n) is 3.54. The second-order valence-corrected chi connectivity index (χ2v) is 3.98. The van der Waals surface area contributed by atoms with Crippen molar-refractivity contribution >= 4 is 15.9 Å². The van der Waals surface area contributed by atoms with E-state index in [-0.39, 0.29) is 5.75 Å². The molecular weight excluding hydrogens is 192 g/mol. The summed E-state index contributed by atoms with van der Waals surface area (Å²) in [5.41, 5.74) is 0.314. The molecule has 0 unspecified atom stereocenters. The van der Waals surface area contributed by atoms with E-state index in [2.05, 4.69) is 9.44 Å². The average molecular weight is 202 g/mol. The van der Waals surface area contributed by atoms with Crippen molar-refractivity contribution in [3.8, 4) is 5.75 Å². The lowest BCUT2D eigenvalue weighted by Crippen LogP contribution is -2.26. The molecule has 0 aliphatic heterocycles. The van der Waals surface area contributed by atoms with Gasteiger partial charge in [-0.05, 0) is 12.1 Å². The molecule has 1 rings (SSSR count). The van der Waals surface area contributed by atoms with E-state index in [9.17, 15) is 8.42 Å². The van der Waals surface area contributed by atoms with Crippen molar-refractivity contribution < 1.29 is 13.5 Å². The molecule has 0 aliphatic carbocycles. The van der Waals surface area contributed by atoms with Gasteiger partial charge in [0.1, 0.15) is 5.75 Å². The minimum Gasteiger partial charge on any atom is -0.508 e. The summed E-state index contributed by atoms with van der Waals surface area (Å²) in [6, 6.07) is 5.85. The maximum absolute atomic E-state index is 11.0. The van der Waals surface area contributed by atoms with Gasteiger partial charge in [0.2, 0.25) is 0 Å². The Labute approximate surface area is 76.6 Å². The molecule has 0 amide bonds. The molecule has 6 heteroatoms. The molecule has 72 valence electrons. The molecular formula is C7H10N2O3S. The van der Waals surface area contributed by atoms with E-state index in [1.54, 1.807) is 6.07 Å². The number of aromatic hydroxyl groups is 1. The Balaban J connectivity index is 2.87. The van der Waals surface area contributed by atoms with Gasteiger partial charge in [-0.25, -0.2) is 4.72 Å². The lowest BCUT2D eigenvalue weighted by Gasteiger charge is -2.05. The number of anilines is 1. The number of hydrogen-bond acceptors (Lipinski definition) is 3. The van der Waals surface area contributed by atoms with Gasteiger partial charge in [0.05, 0.1) is 5.69 Å². The van der Waals surface area contributed by atoms with Crippen LogP contribution in [0.5, 0.6) is 5.75 Å². The van der Waals surface area contributed by atoms with Crippen LogP contribution in [0.3, 0.4) is 0 Å². The monoisotopic (exact) mass is 202 g/mol. The molecule has 0 radical (unpaired) electrons. The maximum atomic E-state index is 11.0. The Hall–Kier alpha value is -1.27. The summed E-state index contributed by atoms with van der Waals surface area (Å²) >= 11 is 0. The average Bonchev–Trinajstić information content (AvgIpc) is 2.03. The smallest absolute Gasteiger partial charge is 0.298 e. The molecule has 0 bridgehead atoms. The number of benzene rings is 1. The first-order chi connectivity index (χ1) is 6.03. The molecule has 0 saturated heterocycles. The highest BCUT2D eigenvalue weighted by Crippen LogP contribution is 2.15. The van der Waals surface area contributed by atoms with Gasteiger partial charge in [0.25, 0.3) is 10.2 Å². The highest BCUT2D eigenvalue weighted by Gasteiger charge is 2.05. The van der Waals surface area contributed by atoms with Gasteiger partial charge in [-0.2, -0.15) is 8.42 Å². The molecule has 0 aromatic heterocycles. The van der Waals surface area contributed by atoms with Crippen LogP contribution >= 0.6 is 0 Å². The van der Waals surface area contributed by atoms with Gasteiger partial charge < -0.3 is 5.11 Å². The van der Waals surface area contributed by atoms with Crippen molar-refractivity contribution in [2.24, 2.45) is 0 Å². The summed E-state index contributed by atoms with van der Waals surface area (Å²) in [5, 5.41) is 9.03. The van der Waals surface area contributed by atoms with Crippen molar-refractivity contribution in [3.05, 3.63) is 24.3 Å². The zero-order valence-corrected chi connectivity index (χ0v) is 7.80. The van der Waals surface area contributed by atoms with E-state index in [1.165, 1.54) is 25.2 Å². The predicted molar refractivity (Wildman–Crippen MR) is 49.7 cm³/mol. The molecule has 0 aliphatic rings. The number of rotatable bonds is 3. The van der Waals surface area contributed by atoms with E-state index >= 15 is 0 Å². The largest absolute Gasteiger partial charge is 0.508 e. The number of phenolic OH excluding ortho intramolecular Hbond substituents is 1. The Kier molecular flexibility index (Phi) is 2.74. The van der Waals surface area contributed by atoms with Crippen LogP contribution in [0, 0.1) is 0 Å². The predicted octanol–water partition coefficient (Wildman–Crippen LogP) is 0.268. The zero-order chi connectivity index (χ0) is 9.90.